The zero-order chi connectivity index (χ0) is 28.7. The molecule has 3 nitrogen and oxygen atoms in total. The fraction of sp³-hybridized carbons (Fsp3) is 1.00. The summed E-state index contributed by atoms with van der Waals surface area (Å²) in [5.74, 6) is -56.7. The fourth-order valence-corrected chi connectivity index (χ4v) is 3.17. The van der Waals surface area contributed by atoms with Crippen molar-refractivity contribution in [1.82, 2.24) is 0 Å². The van der Waals surface area contributed by atoms with Crippen molar-refractivity contribution in [2.75, 3.05) is 19.6 Å². The molecule has 35 heavy (non-hydrogen) atoms. The standard InChI is InChI=1S/C15H18F17N3/c16-8(17,7(1-4-33,2-5-34)3-6-35)9(18,19)10(20,21)11(22,23)12(24,25)13(26,27)14(28,29)15(30,31)32/h1-6,33-35H2. The molecule has 0 aliphatic rings. The molecule has 0 saturated heterocycles. The van der Waals surface area contributed by atoms with Gasteiger partial charge in [0.2, 0.25) is 0 Å². The molecule has 0 heterocycles. The van der Waals surface area contributed by atoms with Crippen LogP contribution in [0.4, 0.5) is 74.6 Å². The minimum Gasteiger partial charge on any atom is -0.330 e. The number of halogens is 17. The Balaban J connectivity index is 7.10. The molecule has 0 saturated carbocycles. The molecule has 0 rings (SSSR count). The van der Waals surface area contributed by atoms with E-state index in [-0.39, 0.29) is 0 Å². The van der Waals surface area contributed by atoms with Crippen molar-refractivity contribution in [3.05, 3.63) is 0 Å². The molecular weight excluding hydrogens is 545 g/mol. The van der Waals surface area contributed by atoms with E-state index in [0.29, 0.717) is 0 Å². The van der Waals surface area contributed by atoms with Gasteiger partial charge in [-0.1, -0.05) is 0 Å². The third kappa shape index (κ3) is 4.50. The van der Waals surface area contributed by atoms with E-state index in [4.69, 9.17) is 17.2 Å². The first-order chi connectivity index (χ1) is 15.2. The Hall–Kier alpha value is -1.31. The molecule has 0 fully saturated rings. The van der Waals surface area contributed by atoms with Crippen molar-refractivity contribution in [3.8, 4) is 0 Å². The van der Waals surface area contributed by atoms with Crippen LogP contribution in [0.2, 0.25) is 0 Å². The topological polar surface area (TPSA) is 78.1 Å². The molecule has 0 aromatic heterocycles. The molecule has 0 atom stereocenters. The van der Waals surface area contributed by atoms with Crippen LogP contribution in [-0.2, 0) is 0 Å². The number of alkyl halides is 17. The summed E-state index contributed by atoms with van der Waals surface area (Å²) in [6.45, 7) is -3.21. The van der Waals surface area contributed by atoms with Gasteiger partial charge in [0.05, 0.1) is 0 Å². The van der Waals surface area contributed by atoms with E-state index in [1.165, 1.54) is 0 Å². The van der Waals surface area contributed by atoms with Crippen LogP contribution < -0.4 is 17.2 Å². The first-order valence-electron chi connectivity index (χ1n) is 9.00. The van der Waals surface area contributed by atoms with Crippen molar-refractivity contribution in [2.45, 2.75) is 66.9 Å². The predicted molar refractivity (Wildman–Crippen MR) is 84.1 cm³/mol. The summed E-state index contributed by atoms with van der Waals surface area (Å²) >= 11 is 0. The Morgan fingerprint density at radius 2 is 0.514 bits per heavy atom. The van der Waals surface area contributed by atoms with Crippen LogP contribution >= 0.6 is 0 Å². The van der Waals surface area contributed by atoms with Crippen LogP contribution in [0, 0.1) is 5.41 Å². The molecule has 0 aromatic carbocycles. The van der Waals surface area contributed by atoms with Crippen molar-refractivity contribution in [3.63, 3.8) is 0 Å². The normalized spacial score (nSPS) is 16.1. The van der Waals surface area contributed by atoms with E-state index in [1.54, 1.807) is 0 Å². The minimum atomic E-state index is -8.67. The number of rotatable bonds is 13. The molecule has 0 amide bonds. The largest absolute Gasteiger partial charge is 0.460 e. The average Bonchev–Trinajstić information content (AvgIpc) is 2.66. The summed E-state index contributed by atoms with van der Waals surface area (Å²) in [6, 6.07) is 0. The van der Waals surface area contributed by atoms with Gasteiger partial charge in [-0.25, -0.2) is 0 Å². The lowest BCUT2D eigenvalue weighted by molar-refractivity contribution is -0.466. The maximum Gasteiger partial charge on any atom is 0.460 e. The molecule has 0 spiro atoms. The lowest BCUT2D eigenvalue weighted by Gasteiger charge is -2.48. The molecule has 6 N–H and O–H groups in total. The Labute approximate surface area is 185 Å². The molecule has 0 aromatic rings. The van der Waals surface area contributed by atoms with Gasteiger partial charge in [-0.15, -0.1) is 0 Å². The molecule has 212 valence electrons. The molecule has 0 bridgehead atoms. The van der Waals surface area contributed by atoms with E-state index in [9.17, 15) is 74.6 Å². The SMILES string of the molecule is NCCC(CCN)(CCN)C(F)(F)C(F)(F)C(F)(F)C(F)(F)C(F)(F)C(F)(F)C(F)(F)C(F)(F)F. The van der Waals surface area contributed by atoms with Gasteiger partial charge in [0.1, 0.15) is 0 Å². The number of hydrogen-bond acceptors (Lipinski definition) is 3. The quantitative estimate of drug-likeness (QED) is 0.276. The van der Waals surface area contributed by atoms with Crippen LogP contribution in [-0.4, -0.2) is 67.3 Å². The van der Waals surface area contributed by atoms with Crippen LogP contribution in [0.1, 0.15) is 19.3 Å². The summed E-state index contributed by atoms with van der Waals surface area (Å²) < 4.78 is 229. The second-order valence-corrected chi connectivity index (χ2v) is 7.41. The van der Waals surface area contributed by atoms with E-state index >= 15 is 0 Å². The van der Waals surface area contributed by atoms with Gasteiger partial charge in [-0.05, 0) is 38.9 Å². The number of hydrogen-bond donors (Lipinski definition) is 3. The predicted octanol–water partition coefficient (Wildman–Crippen LogP) is 5.03. The zero-order valence-corrected chi connectivity index (χ0v) is 16.9. The smallest absolute Gasteiger partial charge is 0.330 e. The second kappa shape index (κ2) is 9.53. The first-order valence-corrected chi connectivity index (χ1v) is 9.00. The van der Waals surface area contributed by atoms with Crippen molar-refractivity contribution in [1.29, 1.82) is 0 Å². The van der Waals surface area contributed by atoms with Crippen molar-refractivity contribution >= 4 is 0 Å². The van der Waals surface area contributed by atoms with Crippen LogP contribution in [0.3, 0.4) is 0 Å². The van der Waals surface area contributed by atoms with Crippen LogP contribution in [0.15, 0.2) is 0 Å². The van der Waals surface area contributed by atoms with Gasteiger partial charge < -0.3 is 17.2 Å². The fourth-order valence-electron chi connectivity index (χ4n) is 3.17. The third-order valence-electron chi connectivity index (χ3n) is 5.26. The van der Waals surface area contributed by atoms with Crippen molar-refractivity contribution in [2.24, 2.45) is 22.6 Å². The maximum absolute atomic E-state index is 14.7. The monoisotopic (exact) mass is 563 g/mol. The second-order valence-electron chi connectivity index (χ2n) is 7.41. The lowest BCUT2D eigenvalue weighted by Crippen LogP contribution is -2.75. The highest BCUT2D eigenvalue weighted by Crippen LogP contribution is 2.66. The van der Waals surface area contributed by atoms with E-state index in [0.717, 1.165) is 0 Å². The van der Waals surface area contributed by atoms with E-state index in [1.807, 2.05) is 0 Å². The Morgan fingerprint density at radius 1 is 0.314 bits per heavy atom. The summed E-state index contributed by atoms with van der Waals surface area (Å²) in [6.07, 6.45) is -12.2. The Bertz CT molecular complexity index is 671. The third-order valence-corrected chi connectivity index (χ3v) is 5.26. The first kappa shape index (κ1) is 33.7. The number of nitrogens with two attached hydrogens (primary N) is 3. The summed E-state index contributed by atoms with van der Waals surface area (Å²) in [4.78, 5) is 0. The van der Waals surface area contributed by atoms with E-state index < -0.39 is 91.9 Å². The average molecular weight is 563 g/mol. The minimum absolute atomic E-state index is 1.07. The zero-order valence-electron chi connectivity index (χ0n) is 16.9. The molecule has 0 radical (unpaired) electrons. The highest BCUT2D eigenvalue weighted by molar-refractivity contribution is 5.17. The Kier molecular flexibility index (Phi) is 9.17. The van der Waals surface area contributed by atoms with E-state index in [2.05, 4.69) is 0 Å². The molecule has 20 heteroatoms. The van der Waals surface area contributed by atoms with Crippen LogP contribution in [0.5, 0.6) is 0 Å². The maximum atomic E-state index is 14.7. The van der Waals surface area contributed by atoms with Gasteiger partial charge in [-0.3, -0.25) is 0 Å². The molecular formula is C15H18F17N3. The molecule has 0 aliphatic carbocycles. The molecule has 0 aliphatic heterocycles. The summed E-state index contributed by atoms with van der Waals surface area (Å²) in [7, 11) is 0. The van der Waals surface area contributed by atoms with Gasteiger partial charge in [0, 0.05) is 5.41 Å². The van der Waals surface area contributed by atoms with Gasteiger partial charge >= 0.3 is 47.6 Å². The summed E-state index contributed by atoms with van der Waals surface area (Å²) in [5.41, 5.74) is 11.1. The highest BCUT2D eigenvalue weighted by atomic mass is 19.4. The van der Waals surface area contributed by atoms with Crippen molar-refractivity contribution < 1.29 is 74.6 Å². The lowest BCUT2D eigenvalue weighted by atomic mass is 9.68. The van der Waals surface area contributed by atoms with Crippen LogP contribution in [0.25, 0.3) is 0 Å². The van der Waals surface area contributed by atoms with Gasteiger partial charge in [0.15, 0.2) is 0 Å². The van der Waals surface area contributed by atoms with Gasteiger partial charge in [-0.2, -0.15) is 74.6 Å². The van der Waals surface area contributed by atoms with Gasteiger partial charge in [0.25, 0.3) is 0 Å². The summed E-state index contributed by atoms with van der Waals surface area (Å²) in [5, 5.41) is 0. The highest BCUT2D eigenvalue weighted by Gasteiger charge is 2.95. The Morgan fingerprint density at radius 3 is 0.714 bits per heavy atom. The molecule has 0 unspecified atom stereocenters.